The predicted molar refractivity (Wildman–Crippen MR) is 121 cm³/mol. The van der Waals surface area contributed by atoms with E-state index in [0.717, 1.165) is 5.56 Å². The Morgan fingerprint density at radius 2 is 1.55 bits per heavy atom. The number of nitrogens with one attached hydrogen (secondary N) is 1. The van der Waals surface area contributed by atoms with Crippen LogP contribution in [0.2, 0.25) is 0 Å². The van der Waals surface area contributed by atoms with Crippen LogP contribution in [-0.4, -0.2) is 27.4 Å². The molecule has 5 nitrogen and oxygen atoms in total. The SMILES string of the molecule is COc1ccc(C(=O)[C@H](NS(=O)(=O)c2ccc(C)cc2)[C@H](Br)c2ccc(F)cc2)cc1. The molecule has 0 aliphatic rings. The van der Waals surface area contributed by atoms with Crippen molar-refractivity contribution in [1.82, 2.24) is 4.72 Å². The Bertz CT molecular complexity index is 1150. The van der Waals surface area contributed by atoms with Crippen LogP contribution in [0.3, 0.4) is 0 Å². The van der Waals surface area contributed by atoms with Crippen LogP contribution in [0.1, 0.15) is 26.3 Å². The number of methoxy groups -OCH3 is 1. The van der Waals surface area contributed by atoms with Crippen LogP contribution in [0.5, 0.6) is 5.75 Å². The molecular formula is C23H21BrFNO4S. The van der Waals surface area contributed by atoms with E-state index in [1.165, 1.54) is 43.5 Å². The first-order chi connectivity index (χ1) is 14.7. The monoisotopic (exact) mass is 505 g/mol. The van der Waals surface area contributed by atoms with E-state index in [9.17, 15) is 17.6 Å². The zero-order valence-electron chi connectivity index (χ0n) is 16.9. The first-order valence-corrected chi connectivity index (χ1v) is 11.8. The molecule has 0 aromatic heterocycles. The van der Waals surface area contributed by atoms with Gasteiger partial charge in [-0.1, -0.05) is 45.8 Å². The molecule has 0 unspecified atom stereocenters. The number of benzene rings is 3. The number of hydrogen-bond donors (Lipinski definition) is 1. The fraction of sp³-hybridized carbons (Fsp3) is 0.174. The van der Waals surface area contributed by atoms with E-state index >= 15 is 0 Å². The molecule has 8 heteroatoms. The summed E-state index contributed by atoms with van der Waals surface area (Å²) >= 11 is 3.44. The second kappa shape index (κ2) is 9.72. The van der Waals surface area contributed by atoms with Gasteiger partial charge in [-0.15, -0.1) is 0 Å². The minimum atomic E-state index is -4.00. The topological polar surface area (TPSA) is 72.5 Å². The third kappa shape index (κ3) is 5.58. The molecule has 0 aliphatic heterocycles. The summed E-state index contributed by atoms with van der Waals surface area (Å²) in [5.74, 6) is -0.298. The van der Waals surface area contributed by atoms with Crippen LogP contribution in [0, 0.1) is 12.7 Å². The van der Waals surface area contributed by atoms with E-state index < -0.39 is 32.5 Å². The lowest BCUT2D eigenvalue weighted by Gasteiger charge is -2.23. The van der Waals surface area contributed by atoms with Crippen molar-refractivity contribution in [2.24, 2.45) is 0 Å². The van der Waals surface area contributed by atoms with Crippen molar-refractivity contribution in [3.63, 3.8) is 0 Å². The molecule has 2 atom stereocenters. The lowest BCUT2D eigenvalue weighted by molar-refractivity contribution is 0.0952. The van der Waals surface area contributed by atoms with Gasteiger partial charge in [-0.25, -0.2) is 12.8 Å². The summed E-state index contributed by atoms with van der Waals surface area (Å²) < 4.78 is 47.0. The highest BCUT2D eigenvalue weighted by Crippen LogP contribution is 2.30. The van der Waals surface area contributed by atoms with Gasteiger partial charge in [-0.05, 0) is 61.0 Å². The van der Waals surface area contributed by atoms with E-state index in [1.54, 1.807) is 36.4 Å². The molecule has 0 aliphatic carbocycles. The van der Waals surface area contributed by atoms with Gasteiger partial charge in [0.2, 0.25) is 10.0 Å². The highest BCUT2D eigenvalue weighted by atomic mass is 79.9. The molecule has 3 rings (SSSR count). The molecule has 0 amide bonds. The molecule has 0 saturated heterocycles. The zero-order chi connectivity index (χ0) is 22.6. The Kier molecular flexibility index (Phi) is 7.25. The molecule has 31 heavy (non-hydrogen) atoms. The van der Waals surface area contributed by atoms with Crippen molar-refractivity contribution in [2.45, 2.75) is 22.7 Å². The largest absolute Gasteiger partial charge is 0.497 e. The van der Waals surface area contributed by atoms with Crippen molar-refractivity contribution in [3.05, 3.63) is 95.3 Å². The highest BCUT2D eigenvalue weighted by Gasteiger charge is 2.33. The molecule has 0 radical (unpaired) electrons. The van der Waals surface area contributed by atoms with Gasteiger partial charge >= 0.3 is 0 Å². The molecule has 0 saturated carbocycles. The van der Waals surface area contributed by atoms with Crippen molar-refractivity contribution in [3.8, 4) is 5.75 Å². The third-order valence-corrected chi connectivity index (χ3v) is 7.27. The van der Waals surface area contributed by atoms with Gasteiger partial charge in [-0.2, -0.15) is 4.72 Å². The van der Waals surface area contributed by atoms with Crippen LogP contribution in [0.4, 0.5) is 4.39 Å². The van der Waals surface area contributed by atoms with Crippen molar-refractivity contribution >= 4 is 31.7 Å². The van der Waals surface area contributed by atoms with Crippen molar-refractivity contribution in [1.29, 1.82) is 0 Å². The maximum absolute atomic E-state index is 13.4. The molecule has 1 N–H and O–H groups in total. The summed E-state index contributed by atoms with van der Waals surface area (Å²) in [6.45, 7) is 1.85. The van der Waals surface area contributed by atoms with Gasteiger partial charge in [-0.3, -0.25) is 4.79 Å². The number of Topliss-reactive ketones (excluding diaryl/α,β-unsaturated/α-hetero) is 1. The zero-order valence-corrected chi connectivity index (χ0v) is 19.3. The van der Waals surface area contributed by atoms with E-state index in [4.69, 9.17) is 4.74 Å². The Hall–Kier alpha value is -2.55. The predicted octanol–water partition coefficient (Wildman–Crippen LogP) is 4.81. The van der Waals surface area contributed by atoms with Crippen LogP contribution in [0.25, 0.3) is 0 Å². The summed E-state index contributed by atoms with van der Waals surface area (Å²) in [5.41, 5.74) is 1.78. The molecule has 0 bridgehead atoms. The number of carbonyl (C=O) groups is 1. The summed E-state index contributed by atoms with van der Waals surface area (Å²) in [4.78, 5) is 12.6. The average molecular weight is 506 g/mol. The number of halogens is 2. The minimum Gasteiger partial charge on any atom is -0.497 e. The third-order valence-electron chi connectivity index (χ3n) is 4.75. The first-order valence-electron chi connectivity index (χ1n) is 9.38. The summed E-state index contributed by atoms with van der Waals surface area (Å²) in [6.07, 6.45) is 0. The number of ketones is 1. The molecular weight excluding hydrogens is 485 g/mol. The standard InChI is InChI=1S/C23H21BrFNO4S/c1-15-3-13-20(14-4-15)31(28,29)26-22(21(24)16-5-9-18(25)10-6-16)23(27)17-7-11-19(30-2)12-8-17/h3-14,21-22,26H,1-2H3/t21-,22-/m1/s1. The Balaban J connectivity index is 1.99. The van der Waals surface area contributed by atoms with Crippen LogP contribution in [0.15, 0.2) is 77.7 Å². The highest BCUT2D eigenvalue weighted by molar-refractivity contribution is 9.09. The summed E-state index contributed by atoms with van der Waals surface area (Å²) in [7, 11) is -2.49. The number of ether oxygens (including phenoxy) is 1. The lowest BCUT2D eigenvalue weighted by Crippen LogP contribution is -2.43. The fourth-order valence-corrected chi connectivity index (χ4v) is 5.03. The van der Waals surface area contributed by atoms with Gasteiger partial charge in [0.05, 0.1) is 16.8 Å². The molecule has 0 fully saturated rings. The van der Waals surface area contributed by atoms with Crippen LogP contribution >= 0.6 is 15.9 Å². The summed E-state index contributed by atoms with van der Waals surface area (Å²) in [6, 6.07) is 17.1. The summed E-state index contributed by atoms with van der Waals surface area (Å²) in [5, 5.41) is 0. The van der Waals surface area contributed by atoms with Crippen molar-refractivity contribution in [2.75, 3.05) is 7.11 Å². The van der Waals surface area contributed by atoms with E-state index in [1.807, 2.05) is 6.92 Å². The fourth-order valence-electron chi connectivity index (χ4n) is 2.97. The van der Waals surface area contributed by atoms with E-state index in [2.05, 4.69) is 20.7 Å². The number of aryl methyl sites for hydroxylation is 1. The van der Waals surface area contributed by atoms with Gasteiger partial charge in [0.25, 0.3) is 0 Å². The van der Waals surface area contributed by atoms with E-state index in [0.29, 0.717) is 16.9 Å². The molecule has 3 aromatic carbocycles. The van der Waals surface area contributed by atoms with Gasteiger partial charge in [0, 0.05) is 5.56 Å². The second-order valence-corrected chi connectivity index (χ2v) is 9.66. The maximum atomic E-state index is 13.4. The lowest BCUT2D eigenvalue weighted by atomic mass is 9.98. The number of hydrogen-bond acceptors (Lipinski definition) is 4. The number of sulfonamides is 1. The number of carbonyl (C=O) groups excluding carboxylic acids is 1. The smallest absolute Gasteiger partial charge is 0.241 e. The van der Waals surface area contributed by atoms with Gasteiger partial charge < -0.3 is 4.74 Å². The normalized spacial score (nSPS) is 13.4. The Morgan fingerprint density at radius 1 is 0.968 bits per heavy atom. The van der Waals surface area contributed by atoms with Gasteiger partial charge in [0.15, 0.2) is 5.78 Å². The van der Waals surface area contributed by atoms with Crippen LogP contribution < -0.4 is 9.46 Å². The van der Waals surface area contributed by atoms with Crippen LogP contribution in [-0.2, 0) is 10.0 Å². The molecule has 3 aromatic rings. The van der Waals surface area contributed by atoms with Crippen molar-refractivity contribution < 1.29 is 22.3 Å². The second-order valence-electron chi connectivity index (χ2n) is 6.96. The quantitative estimate of drug-likeness (QED) is 0.352. The Labute approximate surface area is 189 Å². The number of alkyl halides is 1. The first kappa shape index (κ1) is 23.1. The molecule has 0 spiro atoms. The maximum Gasteiger partial charge on any atom is 0.241 e. The Morgan fingerprint density at radius 3 is 2.10 bits per heavy atom. The molecule has 162 valence electrons. The number of rotatable bonds is 8. The minimum absolute atomic E-state index is 0.0458. The average Bonchev–Trinajstić information content (AvgIpc) is 2.77. The van der Waals surface area contributed by atoms with E-state index in [-0.39, 0.29) is 4.90 Å². The molecule has 0 heterocycles. The van der Waals surface area contributed by atoms with Gasteiger partial charge in [0.1, 0.15) is 17.6 Å².